The lowest BCUT2D eigenvalue weighted by Crippen LogP contribution is -2.23. The van der Waals surface area contributed by atoms with E-state index < -0.39 is 0 Å². The Morgan fingerprint density at radius 3 is 2.56 bits per heavy atom. The number of phenolic OH excluding ortho intramolecular Hbond substituents is 1. The first-order valence-electron chi connectivity index (χ1n) is 9.00. The third-order valence-electron chi connectivity index (χ3n) is 4.44. The highest BCUT2D eigenvalue weighted by molar-refractivity contribution is 5.79. The van der Waals surface area contributed by atoms with Crippen LogP contribution in [-0.2, 0) is 6.54 Å². The van der Waals surface area contributed by atoms with Gasteiger partial charge in [-0.2, -0.15) is 0 Å². The summed E-state index contributed by atoms with van der Waals surface area (Å²) in [6.45, 7) is 1.07. The van der Waals surface area contributed by atoms with Crippen LogP contribution in [0.3, 0.4) is 0 Å². The van der Waals surface area contributed by atoms with Crippen molar-refractivity contribution in [2.75, 3.05) is 6.54 Å². The summed E-state index contributed by atoms with van der Waals surface area (Å²) in [7, 11) is 0. The Balaban J connectivity index is 1.88. The summed E-state index contributed by atoms with van der Waals surface area (Å²) in [5.41, 5.74) is 9.68. The molecule has 0 amide bonds. The largest absolute Gasteiger partial charge is 0.508 e. The van der Waals surface area contributed by atoms with Gasteiger partial charge >= 0.3 is 0 Å². The number of nitrogens with zero attached hydrogens (tertiary/aromatic N) is 5. The van der Waals surface area contributed by atoms with Crippen LogP contribution in [0.25, 0.3) is 32.7 Å². The third kappa shape index (κ3) is 4.46. The van der Waals surface area contributed by atoms with Gasteiger partial charge < -0.3 is 5.11 Å². The second kappa shape index (κ2) is 8.87. The first-order chi connectivity index (χ1) is 13.2. The minimum absolute atomic E-state index is 0.0576. The van der Waals surface area contributed by atoms with Crippen molar-refractivity contribution in [3.8, 4) is 17.1 Å². The zero-order chi connectivity index (χ0) is 19.1. The molecule has 27 heavy (non-hydrogen) atoms. The normalized spacial score (nSPS) is 10.7. The zero-order valence-corrected chi connectivity index (χ0v) is 15.0. The average Bonchev–Trinajstić information content (AvgIpc) is 2.69. The van der Waals surface area contributed by atoms with Gasteiger partial charge in [-0.3, -0.25) is 9.36 Å². The van der Waals surface area contributed by atoms with E-state index in [0.29, 0.717) is 29.8 Å². The van der Waals surface area contributed by atoms with E-state index in [1.165, 1.54) is 0 Å². The number of phenols is 1. The molecule has 0 bridgehead atoms. The molecule has 1 aromatic heterocycles. The minimum Gasteiger partial charge on any atom is -0.508 e. The summed E-state index contributed by atoms with van der Waals surface area (Å²) in [6, 6.07) is 14.1. The fraction of sp³-hybridized carbons (Fsp3) is 0.300. The molecule has 0 aliphatic carbocycles. The Kier molecular flexibility index (Phi) is 6.07. The van der Waals surface area contributed by atoms with Crippen molar-refractivity contribution in [2.24, 2.45) is 5.11 Å². The summed E-state index contributed by atoms with van der Waals surface area (Å²) >= 11 is 0. The quantitative estimate of drug-likeness (QED) is 0.273. The van der Waals surface area contributed by atoms with Crippen LogP contribution in [0.1, 0.15) is 25.7 Å². The van der Waals surface area contributed by atoms with Crippen molar-refractivity contribution in [3.05, 3.63) is 69.3 Å². The molecule has 2 aromatic carbocycles. The topological polar surface area (TPSA) is 104 Å². The van der Waals surface area contributed by atoms with E-state index in [9.17, 15) is 9.90 Å². The summed E-state index contributed by atoms with van der Waals surface area (Å²) in [5, 5.41) is 13.7. The molecule has 0 spiro atoms. The van der Waals surface area contributed by atoms with Crippen LogP contribution in [0.15, 0.2) is 58.4 Å². The summed E-state index contributed by atoms with van der Waals surface area (Å²) < 4.78 is 1.71. The monoisotopic (exact) mass is 363 g/mol. The van der Waals surface area contributed by atoms with Crippen LogP contribution in [0.2, 0.25) is 0 Å². The Labute approximate surface area is 156 Å². The molecule has 0 atom stereocenters. The number of fused-ring (bicyclic) bond motifs is 1. The summed E-state index contributed by atoms with van der Waals surface area (Å²) in [6.07, 6.45) is 3.57. The van der Waals surface area contributed by atoms with Crippen molar-refractivity contribution in [1.29, 1.82) is 0 Å². The fourth-order valence-electron chi connectivity index (χ4n) is 3.06. The second-order valence-electron chi connectivity index (χ2n) is 6.32. The standard InChI is InChI=1S/C20H21N5O2/c21-24-22-13-5-1-2-6-14-25-19(15-9-11-16(26)12-10-15)23-18-8-4-3-7-17(18)20(25)27/h3-4,7-12,26H,1-2,5-6,13-14H2. The molecule has 7 heteroatoms. The van der Waals surface area contributed by atoms with Crippen LogP contribution in [0.4, 0.5) is 0 Å². The number of hydrogen-bond acceptors (Lipinski definition) is 4. The molecule has 1 N–H and O–H groups in total. The highest BCUT2D eigenvalue weighted by atomic mass is 16.3. The van der Waals surface area contributed by atoms with Crippen molar-refractivity contribution in [1.82, 2.24) is 9.55 Å². The Morgan fingerprint density at radius 1 is 1.04 bits per heavy atom. The number of benzene rings is 2. The number of hydrogen-bond donors (Lipinski definition) is 1. The van der Waals surface area contributed by atoms with Gasteiger partial charge in [0, 0.05) is 23.6 Å². The van der Waals surface area contributed by atoms with Crippen LogP contribution in [0, 0.1) is 0 Å². The highest BCUT2D eigenvalue weighted by Gasteiger charge is 2.12. The molecular weight excluding hydrogens is 342 g/mol. The smallest absolute Gasteiger partial charge is 0.261 e. The minimum atomic E-state index is -0.0576. The molecule has 138 valence electrons. The number of azide groups is 1. The molecular formula is C20H21N5O2. The maximum Gasteiger partial charge on any atom is 0.261 e. The molecule has 3 rings (SSSR count). The molecule has 0 aliphatic rings. The maximum atomic E-state index is 13.0. The molecule has 0 aliphatic heterocycles. The molecule has 3 aromatic rings. The van der Waals surface area contributed by atoms with Gasteiger partial charge in [-0.15, -0.1) is 0 Å². The SMILES string of the molecule is [N-]=[N+]=NCCCCCCn1c(-c2ccc(O)cc2)nc2ccccc2c1=O. The lowest BCUT2D eigenvalue weighted by Gasteiger charge is -2.14. The Hall–Kier alpha value is -3.31. The molecule has 0 saturated heterocycles. The molecule has 1 heterocycles. The Bertz CT molecular complexity index is 1020. The number of unbranched alkanes of at least 4 members (excludes halogenated alkanes) is 3. The van der Waals surface area contributed by atoms with E-state index in [0.717, 1.165) is 31.2 Å². The van der Waals surface area contributed by atoms with Gasteiger partial charge in [0.1, 0.15) is 11.6 Å². The molecule has 0 saturated carbocycles. The summed E-state index contributed by atoms with van der Waals surface area (Å²) in [4.78, 5) is 20.5. The van der Waals surface area contributed by atoms with Gasteiger partial charge in [0.15, 0.2) is 0 Å². The highest BCUT2D eigenvalue weighted by Crippen LogP contribution is 2.22. The van der Waals surface area contributed by atoms with Crippen molar-refractivity contribution < 1.29 is 5.11 Å². The van der Waals surface area contributed by atoms with E-state index in [2.05, 4.69) is 10.0 Å². The molecule has 0 fully saturated rings. The molecule has 7 nitrogen and oxygen atoms in total. The van der Waals surface area contributed by atoms with E-state index in [4.69, 9.17) is 10.5 Å². The predicted octanol–water partition coefficient (Wildman–Crippen LogP) is 4.64. The van der Waals surface area contributed by atoms with Crippen LogP contribution in [0.5, 0.6) is 5.75 Å². The lowest BCUT2D eigenvalue weighted by atomic mass is 10.1. The van der Waals surface area contributed by atoms with E-state index in [-0.39, 0.29) is 11.3 Å². The van der Waals surface area contributed by atoms with Crippen LogP contribution in [-0.4, -0.2) is 21.2 Å². The van der Waals surface area contributed by atoms with Gasteiger partial charge in [0.2, 0.25) is 0 Å². The van der Waals surface area contributed by atoms with E-state index >= 15 is 0 Å². The van der Waals surface area contributed by atoms with Gasteiger partial charge in [-0.05, 0) is 54.8 Å². The molecule has 0 radical (unpaired) electrons. The number of aromatic nitrogens is 2. The zero-order valence-electron chi connectivity index (χ0n) is 15.0. The van der Waals surface area contributed by atoms with Crippen molar-refractivity contribution in [2.45, 2.75) is 32.2 Å². The van der Waals surface area contributed by atoms with E-state index in [1.807, 2.05) is 18.2 Å². The first kappa shape index (κ1) is 18.5. The maximum absolute atomic E-state index is 13.0. The second-order valence-corrected chi connectivity index (χ2v) is 6.32. The number of rotatable bonds is 8. The predicted molar refractivity (Wildman–Crippen MR) is 106 cm³/mol. The van der Waals surface area contributed by atoms with E-state index in [1.54, 1.807) is 34.9 Å². The average molecular weight is 363 g/mol. The van der Waals surface area contributed by atoms with Crippen LogP contribution < -0.4 is 5.56 Å². The fourth-order valence-corrected chi connectivity index (χ4v) is 3.06. The van der Waals surface area contributed by atoms with Gasteiger partial charge in [-0.1, -0.05) is 30.1 Å². The number of aromatic hydroxyl groups is 1. The van der Waals surface area contributed by atoms with Crippen molar-refractivity contribution >= 4 is 10.9 Å². The molecule has 0 unspecified atom stereocenters. The third-order valence-corrected chi connectivity index (χ3v) is 4.44. The Morgan fingerprint density at radius 2 is 1.78 bits per heavy atom. The van der Waals surface area contributed by atoms with Gasteiger partial charge in [-0.25, -0.2) is 4.98 Å². The first-order valence-corrected chi connectivity index (χ1v) is 9.00. The van der Waals surface area contributed by atoms with Crippen molar-refractivity contribution in [3.63, 3.8) is 0 Å². The van der Waals surface area contributed by atoms with Gasteiger partial charge in [0.05, 0.1) is 10.9 Å². The number of para-hydroxylation sites is 1. The van der Waals surface area contributed by atoms with Crippen LogP contribution >= 0.6 is 0 Å². The summed E-state index contributed by atoms with van der Waals surface area (Å²) in [5.74, 6) is 0.779. The van der Waals surface area contributed by atoms with Gasteiger partial charge in [0.25, 0.3) is 5.56 Å². The lowest BCUT2D eigenvalue weighted by molar-refractivity contribution is 0.475.